The first kappa shape index (κ1) is 20.5. The molecule has 0 fully saturated rings. The minimum Gasteiger partial charge on any atom is -0.496 e. The van der Waals surface area contributed by atoms with Crippen molar-refractivity contribution in [3.05, 3.63) is 88.2 Å². The minimum absolute atomic E-state index is 0.0437. The van der Waals surface area contributed by atoms with Crippen LogP contribution in [-0.4, -0.2) is 42.6 Å². The molecule has 0 aromatic heterocycles. The van der Waals surface area contributed by atoms with Crippen molar-refractivity contribution >= 4 is 11.6 Å². The second-order valence-electron chi connectivity index (χ2n) is 6.48. The van der Waals surface area contributed by atoms with Gasteiger partial charge in [-0.1, -0.05) is 42.5 Å². The van der Waals surface area contributed by atoms with Crippen molar-refractivity contribution in [1.29, 1.82) is 0 Å². The first-order valence-corrected chi connectivity index (χ1v) is 9.10. The van der Waals surface area contributed by atoms with Gasteiger partial charge in [0.1, 0.15) is 11.9 Å². The Bertz CT molecular complexity index is 988. The van der Waals surface area contributed by atoms with Crippen LogP contribution in [0.15, 0.2) is 60.4 Å². The van der Waals surface area contributed by atoms with E-state index in [-0.39, 0.29) is 29.2 Å². The van der Waals surface area contributed by atoms with Crippen LogP contribution in [0.4, 0.5) is 0 Å². The largest absolute Gasteiger partial charge is 0.496 e. The number of hydrogen-bond donors (Lipinski definition) is 2. The van der Waals surface area contributed by atoms with Gasteiger partial charge in [0.05, 0.1) is 26.4 Å². The number of Topliss-reactive ketones (excluding diaryl/α,β-unsaturated/α-hetero) is 1. The third-order valence-electron chi connectivity index (χ3n) is 4.81. The Hall–Kier alpha value is -3.22. The molecule has 2 aromatic carbocycles. The Morgan fingerprint density at radius 1 is 1.07 bits per heavy atom. The van der Waals surface area contributed by atoms with Gasteiger partial charge in [-0.25, -0.2) is 0 Å². The fraction of sp³-hybridized carbons (Fsp3) is 0.217. The molecule has 6 heteroatoms. The van der Waals surface area contributed by atoms with E-state index in [9.17, 15) is 14.7 Å². The molecular weight excluding hydrogens is 372 g/mol. The fourth-order valence-corrected chi connectivity index (χ4v) is 3.46. The highest BCUT2D eigenvalue weighted by molar-refractivity contribution is 6.25. The van der Waals surface area contributed by atoms with Gasteiger partial charge in [-0.15, -0.1) is 0 Å². The Labute approximate surface area is 168 Å². The van der Waals surface area contributed by atoms with Crippen LogP contribution in [0.3, 0.4) is 0 Å². The first-order valence-electron chi connectivity index (χ1n) is 9.10. The van der Waals surface area contributed by atoms with Crippen LogP contribution in [0, 0.1) is 0 Å². The van der Waals surface area contributed by atoms with Crippen molar-refractivity contribution in [3.8, 4) is 5.75 Å². The van der Waals surface area contributed by atoms with E-state index in [0.29, 0.717) is 23.1 Å². The maximum Gasteiger partial charge on any atom is 0.228 e. The van der Waals surface area contributed by atoms with E-state index in [4.69, 9.17) is 14.6 Å². The number of fused-ring (bicyclic) bond motifs is 1. The molecule has 0 bridgehead atoms. The van der Waals surface area contributed by atoms with Crippen molar-refractivity contribution in [1.82, 2.24) is 0 Å². The fourth-order valence-electron chi connectivity index (χ4n) is 3.46. The van der Waals surface area contributed by atoms with Crippen molar-refractivity contribution in [3.63, 3.8) is 0 Å². The van der Waals surface area contributed by atoms with Crippen molar-refractivity contribution in [2.45, 2.75) is 12.5 Å². The van der Waals surface area contributed by atoms with Gasteiger partial charge in [0.15, 0.2) is 11.5 Å². The third kappa shape index (κ3) is 3.85. The first-order chi connectivity index (χ1) is 14.0. The third-order valence-corrected chi connectivity index (χ3v) is 4.81. The standard InChI is InChI=1S/C23H22O6/c1-28-18-13-17(25)20-16(22(18)27)12-15(10-6-7-11-24)19(23(20)29-2)21(26)14-8-4-3-5-9-14/h3-9,12-13,21,24,26H,10-11H2,1-2H3/b7-6+. The highest BCUT2D eigenvalue weighted by Gasteiger charge is 2.34. The van der Waals surface area contributed by atoms with Gasteiger partial charge >= 0.3 is 0 Å². The Morgan fingerprint density at radius 2 is 1.79 bits per heavy atom. The molecule has 2 aromatic rings. The van der Waals surface area contributed by atoms with Crippen LogP contribution in [0.1, 0.15) is 43.5 Å². The summed E-state index contributed by atoms with van der Waals surface area (Å²) in [6, 6.07) is 10.6. The van der Waals surface area contributed by atoms with E-state index in [0.717, 1.165) is 6.08 Å². The lowest BCUT2D eigenvalue weighted by atomic mass is 9.84. The molecule has 3 rings (SSSR count). The molecule has 0 amide bonds. The Balaban J connectivity index is 2.27. The maximum atomic E-state index is 12.8. The summed E-state index contributed by atoms with van der Waals surface area (Å²) in [6.07, 6.45) is 3.70. The molecule has 150 valence electrons. The van der Waals surface area contributed by atoms with E-state index in [1.54, 1.807) is 42.5 Å². The van der Waals surface area contributed by atoms with Crippen LogP contribution in [0.5, 0.6) is 5.75 Å². The summed E-state index contributed by atoms with van der Waals surface area (Å²) in [6.45, 7) is -0.132. The summed E-state index contributed by atoms with van der Waals surface area (Å²) >= 11 is 0. The lowest BCUT2D eigenvalue weighted by Gasteiger charge is -2.24. The van der Waals surface area contributed by atoms with Gasteiger partial charge in [0.2, 0.25) is 5.78 Å². The zero-order chi connectivity index (χ0) is 21.0. The van der Waals surface area contributed by atoms with Gasteiger partial charge in [0.25, 0.3) is 0 Å². The second kappa shape index (κ2) is 8.86. The molecule has 1 aliphatic carbocycles. The molecular formula is C23H22O6. The molecule has 2 N–H and O–H groups in total. The molecule has 1 unspecified atom stereocenters. The summed E-state index contributed by atoms with van der Waals surface area (Å²) in [4.78, 5) is 25.5. The molecule has 0 spiro atoms. The number of ketones is 2. The predicted molar refractivity (Wildman–Crippen MR) is 107 cm³/mol. The normalized spacial score (nSPS) is 14.6. The highest BCUT2D eigenvalue weighted by Crippen LogP contribution is 2.40. The van der Waals surface area contributed by atoms with Gasteiger partial charge in [0, 0.05) is 17.2 Å². The van der Waals surface area contributed by atoms with Gasteiger partial charge in [-0.2, -0.15) is 0 Å². The number of methoxy groups -OCH3 is 2. The van der Waals surface area contributed by atoms with Crippen molar-refractivity contribution < 1.29 is 29.3 Å². The molecule has 0 saturated carbocycles. The van der Waals surface area contributed by atoms with Crippen LogP contribution >= 0.6 is 0 Å². The number of benzene rings is 2. The summed E-state index contributed by atoms with van der Waals surface area (Å²) in [5.74, 6) is -0.727. The quantitative estimate of drug-likeness (QED) is 0.702. The lowest BCUT2D eigenvalue weighted by molar-refractivity contribution is 0.0914. The number of carbonyl (C=O) groups is 2. The summed E-state index contributed by atoms with van der Waals surface area (Å²) in [7, 11) is 2.73. The molecule has 0 saturated heterocycles. The Morgan fingerprint density at radius 3 is 2.41 bits per heavy atom. The SMILES string of the molecule is COC1=CC(=O)c2c(cc(C/C=C/CO)c(C(O)c3ccccc3)c2OC)C1=O. The molecule has 6 nitrogen and oxygen atoms in total. The van der Waals surface area contributed by atoms with E-state index >= 15 is 0 Å². The van der Waals surface area contributed by atoms with Crippen molar-refractivity contribution in [2.75, 3.05) is 20.8 Å². The van der Waals surface area contributed by atoms with Crippen LogP contribution in [-0.2, 0) is 11.2 Å². The smallest absolute Gasteiger partial charge is 0.228 e. The van der Waals surface area contributed by atoms with E-state index in [2.05, 4.69) is 0 Å². The summed E-state index contributed by atoms with van der Waals surface area (Å²) in [5.41, 5.74) is 1.93. The van der Waals surface area contributed by atoms with E-state index in [1.165, 1.54) is 14.2 Å². The number of aliphatic hydroxyl groups is 2. The average Bonchev–Trinajstić information content (AvgIpc) is 2.75. The molecule has 1 atom stereocenters. The maximum absolute atomic E-state index is 12.8. The van der Waals surface area contributed by atoms with Gasteiger partial charge in [-0.05, 0) is 23.6 Å². The molecule has 0 aliphatic heterocycles. The molecule has 0 heterocycles. The minimum atomic E-state index is -1.07. The molecule has 1 aliphatic rings. The predicted octanol–water partition coefficient (Wildman–Crippen LogP) is 2.78. The number of allylic oxidation sites excluding steroid dienone is 3. The Kier molecular flexibility index (Phi) is 6.26. The second-order valence-corrected chi connectivity index (χ2v) is 6.48. The number of ether oxygens (including phenoxy) is 2. The monoisotopic (exact) mass is 394 g/mol. The van der Waals surface area contributed by atoms with Crippen LogP contribution in [0.25, 0.3) is 0 Å². The highest BCUT2D eigenvalue weighted by atomic mass is 16.5. The van der Waals surface area contributed by atoms with Crippen molar-refractivity contribution in [2.24, 2.45) is 0 Å². The number of hydrogen-bond acceptors (Lipinski definition) is 6. The van der Waals surface area contributed by atoms with Gasteiger partial charge < -0.3 is 19.7 Å². The van der Waals surface area contributed by atoms with Crippen LogP contribution in [0.2, 0.25) is 0 Å². The van der Waals surface area contributed by atoms with Crippen LogP contribution < -0.4 is 4.74 Å². The zero-order valence-corrected chi connectivity index (χ0v) is 16.2. The average molecular weight is 394 g/mol. The molecule has 0 radical (unpaired) electrons. The molecule has 29 heavy (non-hydrogen) atoms. The number of carbonyl (C=O) groups excluding carboxylic acids is 2. The lowest BCUT2D eigenvalue weighted by Crippen LogP contribution is -2.21. The van der Waals surface area contributed by atoms with Gasteiger partial charge in [-0.3, -0.25) is 9.59 Å². The topological polar surface area (TPSA) is 93.1 Å². The number of rotatable bonds is 7. The summed E-state index contributed by atoms with van der Waals surface area (Å²) in [5, 5.41) is 20.2. The number of aliphatic hydroxyl groups excluding tert-OH is 2. The van der Waals surface area contributed by atoms with E-state index in [1.807, 2.05) is 6.07 Å². The summed E-state index contributed by atoms with van der Waals surface area (Å²) < 4.78 is 10.6. The van der Waals surface area contributed by atoms with E-state index < -0.39 is 17.7 Å². The zero-order valence-electron chi connectivity index (χ0n) is 16.2.